The van der Waals surface area contributed by atoms with Crippen molar-refractivity contribution < 1.29 is 0 Å². The molecule has 2 heterocycles. The molecule has 2 aromatic rings. The number of para-hydroxylation sites is 1. The number of benzene rings is 1. The molecule has 3 rings (SSSR count). The van der Waals surface area contributed by atoms with E-state index >= 15 is 0 Å². The Kier molecular flexibility index (Phi) is 2.18. The van der Waals surface area contributed by atoms with E-state index in [-0.39, 0.29) is 5.50 Å². The quantitative estimate of drug-likeness (QED) is 0.604. The molecule has 0 spiro atoms. The van der Waals surface area contributed by atoms with Gasteiger partial charge in [-0.15, -0.1) is 0 Å². The molecule has 1 unspecified atom stereocenters. The molecule has 3 nitrogen and oxygen atoms in total. The van der Waals surface area contributed by atoms with Crippen LogP contribution in [0.25, 0.3) is 11.8 Å². The zero-order valence-corrected chi connectivity index (χ0v) is 9.22. The minimum Gasteiger partial charge on any atom is -0.370 e. The van der Waals surface area contributed by atoms with Gasteiger partial charge in [0, 0.05) is 11.9 Å². The average Bonchev–Trinajstić information content (AvgIpc) is 2.75. The molecular formula is C12H10ClN3. The maximum atomic E-state index is 6.11. The first-order valence-corrected chi connectivity index (χ1v) is 5.49. The fraction of sp³-hybridized carbons (Fsp3) is 0.0833. The first-order chi connectivity index (χ1) is 7.86. The van der Waals surface area contributed by atoms with Gasteiger partial charge in [0.05, 0.1) is 5.69 Å². The maximum Gasteiger partial charge on any atom is 0.146 e. The Morgan fingerprint density at radius 2 is 2.06 bits per heavy atom. The molecule has 1 aliphatic rings. The van der Waals surface area contributed by atoms with Gasteiger partial charge >= 0.3 is 0 Å². The fourth-order valence-corrected chi connectivity index (χ4v) is 2.06. The number of nitrogens with zero attached hydrogens (tertiary/aromatic N) is 2. The third kappa shape index (κ3) is 1.41. The van der Waals surface area contributed by atoms with Crippen molar-refractivity contribution in [3.63, 3.8) is 0 Å². The highest BCUT2D eigenvalue weighted by Crippen LogP contribution is 2.26. The van der Waals surface area contributed by atoms with Crippen molar-refractivity contribution in [2.24, 2.45) is 0 Å². The lowest BCUT2D eigenvalue weighted by Gasteiger charge is -2.14. The third-order valence-electron chi connectivity index (χ3n) is 2.59. The predicted molar refractivity (Wildman–Crippen MR) is 64.3 cm³/mol. The number of imidazole rings is 1. The van der Waals surface area contributed by atoms with Crippen LogP contribution < -0.4 is 5.32 Å². The molecule has 1 N–H and O–H groups in total. The van der Waals surface area contributed by atoms with Crippen molar-refractivity contribution in [2.75, 3.05) is 0 Å². The molecule has 4 heteroatoms. The van der Waals surface area contributed by atoms with Crippen LogP contribution in [0.15, 0.2) is 42.9 Å². The van der Waals surface area contributed by atoms with Crippen molar-refractivity contribution in [1.82, 2.24) is 14.9 Å². The standard InChI is InChI=1S/C12H10ClN3/c13-12-11-10(6-7-14-12)16(8-15-11)9-4-2-1-3-5-9/h1-8,12,14H. The topological polar surface area (TPSA) is 29.9 Å². The smallest absolute Gasteiger partial charge is 0.146 e. The van der Waals surface area contributed by atoms with Crippen LogP contribution in [0.4, 0.5) is 0 Å². The van der Waals surface area contributed by atoms with E-state index in [1.54, 1.807) is 6.33 Å². The number of halogens is 1. The molecule has 0 saturated heterocycles. The molecule has 0 radical (unpaired) electrons. The summed E-state index contributed by atoms with van der Waals surface area (Å²) in [5.41, 5.74) is 2.74. The molecule has 1 atom stereocenters. The number of rotatable bonds is 1. The Balaban J connectivity index is 2.15. The van der Waals surface area contributed by atoms with E-state index in [4.69, 9.17) is 11.6 Å². The van der Waals surface area contributed by atoms with Crippen molar-refractivity contribution >= 4 is 17.7 Å². The van der Waals surface area contributed by atoms with Gasteiger partial charge < -0.3 is 5.32 Å². The van der Waals surface area contributed by atoms with Gasteiger partial charge in [0.1, 0.15) is 17.5 Å². The fourth-order valence-electron chi connectivity index (χ4n) is 1.82. The normalized spacial score (nSPS) is 17.9. The Morgan fingerprint density at radius 1 is 1.25 bits per heavy atom. The van der Waals surface area contributed by atoms with Crippen LogP contribution in [0.5, 0.6) is 0 Å². The average molecular weight is 232 g/mol. The maximum absolute atomic E-state index is 6.11. The lowest BCUT2D eigenvalue weighted by atomic mass is 10.2. The number of nitrogens with one attached hydrogen (secondary N) is 1. The summed E-state index contributed by atoms with van der Waals surface area (Å²) >= 11 is 6.11. The lowest BCUT2D eigenvalue weighted by Crippen LogP contribution is -2.15. The van der Waals surface area contributed by atoms with E-state index < -0.39 is 0 Å². The largest absolute Gasteiger partial charge is 0.370 e. The molecule has 0 aliphatic carbocycles. The number of fused-ring (bicyclic) bond motifs is 1. The summed E-state index contributed by atoms with van der Waals surface area (Å²) in [5.74, 6) is 0. The highest BCUT2D eigenvalue weighted by atomic mass is 35.5. The highest BCUT2D eigenvalue weighted by Gasteiger charge is 2.19. The van der Waals surface area contributed by atoms with E-state index in [0.29, 0.717) is 0 Å². The van der Waals surface area contributed by atoms with Gasteiger partial charge in [0.2, 0.25) is 0 Å². The van der Waals surface area contributed by atoms with Crippen LogP contribution in [0.2, 0.25) is 0 Å². The molecule has 1 aromatic heterocycles. The van der Waals surface area contributed by atoms with Crippen molar-refractivity contribution in [3.8, 4) is 5.69 Å². The van der Waals surface area contributed by atoms with Gasteiger partial charge in [-0.05, 0) is 18.2 Å². The van der Waals surface area contributed by atoms with Gasteiger partial charge in [-0.2, -0.15) is 0 Å². The monoisotopic (exact) mass is 231 g/mol. The Labute approximate surface area is 98.4 Å². The summed E-state index contributed by atoms with van der Waals surface area (Å²) in [5, 5.41) is 3.01. The number of hydrogen-bond donors (Lipinski definition) is 1. The summed E-state index contributed by atoms with van der Waals surface area (Å²) in [4.78, 5) is 4.33. The summed E-state index contributed by atoms with van der Waals surface area (Å²) in [6.07, 6.45) is 5.63. The zero-order chi connectivity index (χ0) is 11.0. The molecule has 1 aliphatic heterocycles. The Morgan fingerprint density at radius 3 is 2.88 bits per heavy atom. The van der Waals surface area contributed by atoms with Crippen LogP contribution in [0, 0.1) is 0 Å². The first kappa shape index (κ1) is 9.48. The second kappa shape index (κ2) is 3.68. The van der Waals surface area contributed by atoms with Gasteiger partial charge in [-0.1, -0.05) is 29.8 Å². The summed E-state index contributed by atoms with van der Waals surface area (Å²) < 4.78 is 2.03. The lowest BCUT2D eigenvalue weighted by molar-refractivity contribution is 0.794. The van der Waals surface area contributed by atoms with Gasteiger partial charge in [-0.25, -0.2) is 4.98 Å². The van der Waals surface area contributed by atoms with Gasteiger partial charge in [-0.3, -0.25) is 4.57 Å². The van der Waals surface area contributed by atoms with E-state index in [9.17, 15) is 0 Å². The Bertz CT molecular complexity index is 530. The minimum atomic E-state index is -0.245. The number of hydrogen-bond acceptors (Lipinski definition) is 2. The van der Waals surface area contributed by atoms with Crippen LogP contribution >= 0.6 is 11.6 Å². The Hall–Kier alpha value is -1.74. The van der Waals surface area contributed by atoms with E-state index in [0.717, 1.165) is 17.1 Å². The molecule has 1 aromatic carbocycles. The van der Waals surface area contributed by atoms with Gasteiger partial charge in [0.15, 0.2) is 0 Å². The van der Waals surface area contributed by atoms with E-state index in [1.807, 2.05) is 47.2 Å². The van der Waals surface area contributed by atoms with Crippen LogP contribution in [-0.2, 0) is 0 Å². The van der Waals surface area contributed by atoms with Crippen molar-refractivity contribution in [2.45, 2.75) is 5.50 Å². The number of aromatic nitrogens is 2. The summed E-state index contributed by atoms with van der Waals surface area (Å²) in [6, 6.07) is 10.1. The molecule has 16 heavy (non-hydrogen) atoms. The molecule has 80 valence electrons. The first-order valence-electron chi connectivity index (χ1n) is 5.05. The van der Waals surface area contributed by atoms with Crippen LogP contribution in [-0.4, -0.2) is 9.55 Å². The predicted octanol–water partition coefficient (Wildman–Crippen LogP) is 2.68. The second-order valence-electron chi connectivity index (χ2n) is 3.58. The van der Waals surface area contributed by atoms with Crippen molar-refractivity contribution in [3.05, 3.63) is 54.2 Å². The van der Waals surface area contributed by atoms with Crippen LogP contribution in [0.1, 0.15) is 16.9 Å². The van der Waals surface area contributed by atoms with Crippen LogP contribution in [0.3, 0.4) is 0 Å². The molecule has 0 fully saturated rings. The molecular weight excluding hydrogens is 222 g/mol. The molecule has 0 saturated carbocycles. The zero-order valence-electron chi connectivity index (χ0n) is 8.47. The molecule has 0 bridgehead atoms. The SMILES string of the molecule is ClC1NC=Cc2c1ncn2-c1ccccc1. The third-order valence-corrected chi connectivity index (χ3v) is 2.93. The molecule has 0 amide bonds. The van der Waals surface area contributed by atoms with E-state index in [1.165, 1.54) is 0 Å². The second-order valence-corrected chi connectivity index (χ2v) is 4.02. The number of alkyl halides is 1. The minimum absolute atomic E-state index is 0.245. The van der Waals surface area contributed by atoms with Gasteiger partial charge in [0.25, 0.3) is 0 Å². The summed E-state index contributed by atoms with van der Waals surface area (Å²) in [6.45, 7) is 0. The van der Waals surface area contributed by atoms with E-state index in [2.05, 4.69) is 10.3 Å². The highest BCUT2D eigenvalue weighted by molar-refractivity contribution is 6.20. The summed E-state index contributed by atoms with van der Waals surface area (Å²) in [7, 11) is 0. The van der Waals surface area contributed by atoms with Crippen molar-refractivity contribution in [1.29, 1.82) is 0 Å².